The van der Waals surface area contributed by atoms with Gasteiger partial charge in [-0.25, -0.2) is 0 Å². The highest BCUT2D eigenvalue weighted by molar-refractivity contribution is 9.10. The van der Waals surface area contributed by atoms with Gasteiger partial charge in [0.25, 0.3) is 0 Å². The molecule has 1 aromatic rings. The number of thioether (sulfide) groups is 1. The first-order chi connectivity index (χ1) is 8.24. The lowest BCUT2D eigenvalue weighted by atomic mass is 10.2. The number of nitrogens with one attached hydrogen (secondary N) is 1. The van der Waals surface area contributed by atoms with Crippen molar-refractivity contribution < 1.29 is 0 Å². The Morgan fingerprint density at radius 2 is 2.06 bits per heavy atom. The van der Waals surface area contributed by atoms with E-state index < -0.39 is 0 Å². The Hall–Kier alpha value is 0.490. The molecule has 0 amide bonds. The van der Waals surface area contributed by atoms with E-state index in [2.05, 4.69) is 40.5 Å². The molecule has 4 heteroatoms. The average Bonchev–Trinajstić information content (AvgIpc) is 2.62. The Balaban J connectivity index is 1.97. The lowest BCUT2D eigenvalue weighted by Crippen LogP contribution is -2.13. The fraction of sp³-hybridized carbons (Fsp3) is 0.692. The van der Waals surface area contributed by atoms with Gasteiger partial charge < -0.3 is 5.32 Å². The van der Waals surface area contributed by atoms with Crippen LogP contribution in [0.3, 0.4) is 0 Å². The van der Waals surface area contributed by atoms with E-state index in [-0.39, 0.29) is 0 Å². The number of unbranched alkanes of at least 4 members (excludes halogenated alkanes) is 3. The van der Waals surface area contributed by atoms with Crippen LogP contribution in [0.2, 0.25) is 0 Å². The molecule has 1 heterocycles. The van der Waals surface area contributed by atoms with E-state index in [1.807, 2.05) is 23.1 Å². The van der Waals surface area contributed by atoms with Gasteiger partial charge in [-0.1, -0.05) is 12.8 Å². The van der Waals surface area contributed by atoms with Gasteiger partial charge in [0, 0.05) is 20.8 Å². The van der Waals surface area contributed by atoms with E-state index in [0.717, 1.165) is 13.1 Å². The third-order valence-corrected chi connectivity index (χ3v) is 5.49. The minimum atomic E-state index is 1.02. The Kier molecular flexibility index (Phi) is 8.62. The molecular weight excluding hydrogens is 314 g/mol. The summed E-state index contributed by atoms with van der Waals surface area (Å²) in [5.41, 5.74) is 0. The van der Waals surface area contributed by atoms with Crippen LogP contribution in [0.15, 0.2) is 10.5 Å². The monoisotopic (exact) mass is 335 g/mol. The van der Waals surface area contributed by atoms with Crippen LogP contribution in [0.5, 0.6) is 0 Å². The van der Waals surface area contributed by atoms with Gasteiger partial charge in [0.05, 0.1) is 0 Å². The highest BCUT2D eigenvalue weighted by Gasteiger charge is 2.01. The van der Waals surface area contributed by atoms with Crippen molar-refractivity contribution in [1.82, 2.24) is 5.32 Å². The van der Waals surface area contributed by atoms with E-state index in [9.17, 15) is 0 Å². The van der Waals surface area contributed by atoms with Crippen molar-refractivity contribution >= 4 is 39.0 Å². The molecule has 0 spiro atoms. The molecule has 0 bridgehead atoms. The molecule has 0 aromatic carbocycles. The zero-order valence-corrected chi connectivity index (χ0v) is 13.9. The first-order valence-corrected chi connectivity index (χ1v) is 9.19. The molecule has 98 valence electrons. The molecule has 0 atom stereocenters. The van der Waals surface area contributed by atoms with Gasteiger partial charge in [-0.3, -0.25) is 0 Å². The summed E-state index contributed by atoms with van der Waals surface area (Å²) in [6.07, 6.45) is 7.60. The predicted molar refractivity (Wildman–Crippen MR) is 85.3 cm³/mol. The predicted octanol–water partition coefficient (Wildman–Crippen LogP) is 4.83. The van der Waals surface area contributed by atoms with Crippen molar-refractivity contribution in [3.63, 3.8) is 0 Å². The first kappa shape index (κ1) is 15.5. The van der Waals surface area contributed by atoms with Gasteiger partial charge in [-0.15, -0.1) is 11.3 Å². The number of hydrogen-bond donors (Lipinski definition) is 1. The SMILES string of the molecule is CSCCCCCCNCc1cc(Br)c(C)s1. The van der Waals surface area contributed by atoms with E-state index in [1.54, 1.807) is 0 Å². The second kappa shape index (κ2) is 9.42. The second-order valence-corrected chi connectivity index (χ2v) is 7.38. The maximum Gasteiger partial charge on any atom is 0.0314 e. The second-order valence-electron chi connectivity index (χ2n) is 4.20. The Bertz CT molecular complexity index is 293. The quantitative estimate of drug-likeness (QED) is 0.648. The van der Waals surface area contributed by atoms with Gasteiger partial charge in [0.15, 0.2) is 0 Å². The molecule has 0 aliphatic carbocycles. The standard InChI is InChI=1S/C13H22BrNS2/c1-11-13(14)9-12(17-11)10-15-7-5-3-4-6-8-16-2/h9,15H,3-8,10H2,1-2H3. The number of rotatable bonds is 9. The fourth-order valence-corrected chi connectivity index (χ4v) is 3.73. The Labute approximate surface area is 122 Å². The van der Waals surface area contributed by atoms with Crippen molar-refractivity contribution in [2.24, 2.45) is 0 Å². The minimum Gasteiger partial charge on any atom is -0.312 e. The van der Waals surface area contributed by atoms with E-state index in [1.165, 1.54) is 45.7 Å². The summed E-state index contributed by atoms with van der Waals surface area (Å²) in [5.74, 6) is 1.32. The molecule has 17 heavy (non-hydrogen) atoms. The largest absolute Gasteiger partial charge is 0.312 e. The Morgan fingerprint density at radius 3 is 2.71 bits per heavy atom. The van der Waals surface area contributed by atoms with E-state index in [0.29, 0.717) is 0 Å². The number of halogens is 1. The lowest BCUT2D eigenvalue weighted by molar-refractivity contribution is 0.602. The summed E-state index contributed by atoms with van der Waals surface area (Å²) >= 11 is 7.38. The van der Waals surface area contributed by atoms with Crippen molar-refractivity contribution in [3.05, 3.63) is 20.3 Å². The number of thiophene rings is 1. The molecule has 1 rings (SSSR count). The van der Waals surface area contributed by atoms with Gasteiger partial charge >= 0.3 is 0 Å². The van der Waals surface area contributed by atoms with E-state index >= 15 is 0 Å². The first-order valence-electron chi connectivity index (χ1n) is 6.18. The highest BCUT2D eigenvalue weighted by atomic mass is 79.9. The normalized spacial score (nSPS) is 11.0. The smallest absolute Gasteiger partial charge is 0.0314 e. The lowest BCUT2D eigenvalue weighted by Gasteiger charge is -2.03. The van der Waals surface area contributed by atoms with Crippen LogP contribution in [-0.2, 0) is 6.54 Å². The number of aryl methyl sites for hydroxylation is 1. The topological polar surface area (TPSA) is 12.0 Å². The molecule has 0 aliphatic rings. The molecule has 1 nitrogen and oxygen atoms in total. The van der Waals surface area contributed by atoms with Gasteiger partial charge in [-0.05, 0) is 60.3 Å². The van der Waals surface area contributed by atoms with Crippen LogP contribution in [0.25, 0.3) is 0 Å². The van der Waals surface area contributed by atoms with Gasteiger partial charge in [0.1, 0.15) is 0 Å². The van der Waals surface area contributed by atoms with Crippen molar-refractivity contribution in [3.8, 4) is 0 Å². The van der Waals surface area contributed by atoms with Crippen molar-refractivity contribution in [2.75, 3.05) is 18.6 Å². The zero-order chi connectivity index (χ0) is 12.5. The van der Waals surface area contributed by atoms with Crippen LogP contribution in [0, 0.1) is 6.92 Å². The molecular formula is C13H22BrNS2. The molecule has 0 saturated heterocycles. The minimum absolute atomic E-state index is 1.02. The molecule has 1 aromatic heterocycles. The Morgan fingerprint density at radius 1 is 1.29 bits per heavy atom. The van der Waals surface area contributed by atoms with E-state index in [4.69, 9.17) is 0 Å². The van der Waals surface area contributed by atoms with Gasteiger partial charge in [0.2, 0.25) is 0 Å². The third-order valence-electron chi connectivity index (χ3n) is 2.66. The molecule has 0 saturated carbocycles. The summed E-state index contributed by atoms with van der Waals surface area (Å²) < 4.78 is 1.25. The summed E-state index contributed by atoms with van der Waals surface area (Å²) in [6, 6.07) is 2.23. The van der Waals surface area contributed by atoms with Crippen LogP contribution >= 0.6 is 39.0 Å². The summed E-state index contributed by atoms with van der Waals surface area (Å²) in [4.78, 5) is 2.80. The molecule has 1 N–H and O–H groups in total. The maximum absolute atomic E-state index is 3.55. The van der Waals surface area contributed by atoms with Crippen LogP contribution in [0.4, 0.5) is 0 Å². The van der Waals surface area contributed by atoms with Crippen molar-refractivity contribution in [1.29, 1.82) is 0 Å². The van der Waals surface area contributed by atoms with Crippen LogP contribution in [-0.4, -0.2) is 18.6 Å². The molecule has 0 aliphatic heterocycles. The van der Waals surface area contributed by atoms with Crippen LogP contribution in [0.1, 0.15) is 35.4 Å². The highest BCUT2D eigenvalue weighted by Crippen LogP contribution is 2.26. The molecule has 0 radical (unpaired) electrons. The molecule has 0 unspecified atom stereocenters. The molecule has 0 fully saturated rings. The average molecular weight is 336 g/mol. The van der Waals surface area contributed by atoms with Crippen LogP contribution < -0.4 is 5.32 Å². The summed E-state index contributed by atoms with van der Waals surface area (Å²) in [6.45, 7) is 4.32. The fourth-order valence-electron chi connectivity index (χ4n) is 1.67. The summed E-state index contributed by atoms with van der Waals surface area (Å²) in [5, 5.41) is 3.52. The van der Waals surface area contributed by atoms with Gasteiger partial charge in [-0.2, -0.15) is 11.8 Å². The summed E-state index contributed by atoms with van der Waals surface area (Å²) in [7, 11) is 0. The third kappa shape index (κ3) is 6.85. The number of hydrogen-bond acceptors (Lipinski definition) is 3. The zero-order valence-electron chi connectivity index (χ0n) is 10.7. The van der Waals surface area contributed by atoms with Crippen molar-refractivity contribution in [2.45, 2.75) is 39.2 Å². The maximum atomic E-state index is 3.55.